The number of nitro benzene ring substituents is 1. The molecule has 0 saturated carbocycles. The number of hydrogen-bond donors (Lipinski definition) is 2. The quantitative estimate of drug-likeness (QED) is 0.430. The number of carbonyl (C=O) groups is 3. The van der Waals surface area contributed by atoms with E-state index in [4.69, 9.17) is 0 Å². The van der Waals surface area contributed by atoms with Crippen molar-refractivity contribution in [3.05, 3.63) is 75.3 Å². The fourth-order valence-electron chi connectivity index (χ4n) is 2.43. The Labute approximate surface area is 153 Å². The molecule has 0 radical (unpaired) electrons. The Morgan fingerprint density at radius 2 is 1.81 bits per heavy atom. The van der Waals surface area contributed by atoms with Crippen LogP contribution in [0.4, 0.5) is 5.69 Å². The van der Waals surface area contributed by atoms with Crippen molar-refractivity contribution in [2.24, 2.45) is 0 Å². The highest BCUT2D eigenvalue weighted by atomic mass is 16.6. The highest BCUT2D eigenvalue weighted by Crippen LogP contribution is 2.19. The molecule has 0 unspecified atom stereocenters. The normalized spacial score (nSPS) is 11.3. The predicted octanol–water partition coefficient (Wildman–Crippen LogP) is 1.81. The van der Waals surface area contributed by atoms with Gasteiger partial charge in [-0.2, -0.15) is 0 Å². The molecule has 140 valence electrons. The molecule has 2 rings (SSSR count). The monoisotopic (exact) mass is 372 g/mol. The van der Waals surface area contributed by atoms with E-state index in [1.165, 1.54) is 49.6 Å². The van der Waals surface area contributed by atoms with Crippen LogP contribution in [0.25, 0.3) is 0 Å². The van der Waals surface area contributed by atoms with Crippen molar-refractivity contribution in [2.75, 3.05) is 7.11 Å². The fourth-order valence-corrected chi connectivity index (χ4v) is 2.43. The van der Waals surface area contributed by atoms with Crippen LogP contribution >= 0.6 is 0 Å². The van der Waals surface area contributed by atoms with Gasteiger partial charge in [-0.05, 0) is 18.2 Å². The number of nitro groups is 1. The maximum absolute atomic E-state index is 12.4. The van der Waals surface area contributed by atoms with Gasteiger partial charge in [0, 0.05) is 23.6 Å². The topological polar surface area (TPSA) is 136 Å². The molecule has 9 heteroatoms. The number of hydrogen-bond acceptors (Lipinski definition) is 6. The van der Waals surface area contributed by atoms with Crippen molar-refractivity contribution < 1.29 is 29.2 Å². The molecule has 2 aromatic rings. The van der Waals surface area contributed by atoms with E-state index in [1.54, 1.807) is 6.07 Å². The van der Waals surface area contributed by atoms with Crippen LogP contribution < -0.4 is 5.32 Å². The third-order valence-electron chi connectivity index (χ3n) is 3.76. The Kier molecular flexibility index (Phi) is 6.21. The van der Waals surface area contributed by atoms with Gasteiger partial charge in [-0.25, -0.2) is 9.59 Å². The minimum absolute atomic E-state index is 0.0618. The molecule has 0 heterocycles. The standard InChI is InChI=1S/C18H16N2O7/c1-27-18(24)13-7-4-6-12(9-13)16(21)19-14(17(22)23)10-11-5-2-3-8-15(11)20(25)26/h2-9,14H,10H2,1H3,(H,19,21)(H,22,23)/t14-/m1/s1. The Hall–Kier alpha value is -3.75. The summed E-state index contributed by atoms with van der Waals surface area (Å²) >= 11 is 0. The number of carbonyl (C=O) groups excluding carboxylic acids is 2. The molecule has 0 aliphatic rings. The zero-order chi connectivity index (χ0) is 20.0. The number of esters is 1. The van der Waals surface area contributed by atoms with E-state index in [9.17, 15) is 29.6 Å². The summed E-state index contributed by atoms with van der Waals surface area (Å²) in [5, 5.41) is 22.8. The lowest BCUT2D eigenvalue weighted by molar-refractivity contribution is -0.385. The Morgan fingerprint density at radius 3 is 2.44 bits per heavy atom. The van der Waals surface area contributed by atoms with Gasteiger partial charge in [0.05, 0.1) is 17.6 Å². The van der Waals surface area contributed by atoms with Gasteiger partial charge in [-0.15, -0.1) is 0 Å². The van der Waals surface area contributed by atoms with Gasteiger partial charge >= 0.3 is 11.9 Å². The molecule has 9 nitrogen and oxygen atoms in total. The molecule has 0 saturated heterocycles. The van der Waals surface area contributed by atoms with Crippen LogP contribution in [-0.2, 0) is 16.0 Å². The van der Waals surface area contributed by atoms with Crippen molar-refractivity contribution in [2.45, 2.75) is 12.5 Å². The van der Waals surface area contributed by atoms with Crippen LogP contribution in [0, 0.1) is 10.1 Å². The molecule has 0 aromatic heterocycles. The molecule has 27 heavy (non-hydrogen) atoms. The van der Waals surface area contributed by atoms with Crippen LogP contribution in [0.1, 0.15) is 26.3 Å². The van der Waals surface area contributed by atoms with E-state index in [2.05, 4.69) is 10.1 Å². The Bertz CT molecular complexity index is 895. The van der Waals surface area contributed by atoms with Gasteiger partial charge in [-0.1, -0.05) is 24.3 Å². The van der Waals surface area contributed by atoms with Gasteiger partial charge in [0.2, 0.25) is 0 Å². The van der Waals surface area contributed by atoms with Crippen molar-refractivity contribution in [1.82, 2.24) is 5.32 Å². The van der Waals surface area contributed by atoms with Crippen LogP contribution in [0.2, 0.25) is 0 Å². The summed E-state index contributed by atoms with van der Waals surface area (Å²) in [6, 6.07) is 9.89. The van der Waals surface area contributed by atoms with Crippen molar-refractivity contribution in [1.29, 1.82) is 0 Å². The molecule has 0 bridgehead atoms. The van der Waals surface area contributed by atoms with E-state index in [1.807, 2.05) is 0 Å². The Morgan fingerprint density at radius 1 is 1.15 bits per heavy atom. The second kappa shape index (κ2) is 8.56. The number of nitrogens with one attached hydrogen (secondary N) is 1. The number of para-hydroxylation sites is 1. The Balaban J connectivity index is 2.22. The van der Waals surface area contributed by atoms with Gasteiger partial charge < -0.3 is 15.2 Å². The summed E-state index contributed by atoms with van der Waals surface area (Å²) < 4.78 is 4.58. The second-order valence-electron chi connectivity index (χ2n) is 5.53. The number of nitrogens with zero attached hydrogens (tertiary/aromatic N) is 1. The molecule has 1 atom stereocenters. The zero-order valence-corrected chi connectivity index (χ0v) is 14.2. The maximum Gasteiger partial charge on any atom is 0.337 e. The SMILES string of the molecule is COC(=O)c1cccc(C(=O)N[C@H](Cc2ccccc2[N+](=O)[O-])C(=O)O)c1. The highest BCUT2D eigenvalue weighted by molar-refractivity contribution is 5.99. The zero-order valence-electron chi connectivity index (χ0n) is 14.2. The molecule has 0 aliphatic carbocycles. The van der Waals surface area contributed by atoms with Crippen molar-refractivity contribution in [3.8, 4) is 0 Å². The van der Waals surface area contributed by atoms with Gasteiger partial charge in [0.1, 0.15) is 6.04 Å². The minimum atomic E-state index is -1.39. The van der Waals surface area contributed by atoms with Crippen LogP contribution in [0.15, 0.2) is 48.5 Å². The lowest BCUT2D eigenvalue weighted by Gasteiger charge is -2.15. The number of benzene rings is 2. The number of carboxylic acids is 1. The van der Waals surface area contributed by atoms with Crippen LogP contribution in [0.3, 0.4) is 0 Å². The summed E-state index contributed by atoms with van der Waals surface area (Å²) in [6.07, 6.45) is -0.269. The molecule has 0 spiro atoms. The molecular weight excluding hydrogens is 356 g/mol. The second-order valence-corrected chi connectivity index (χ2v) is 5.53. The molecular formula is C18H16N2O7. The summed E-state index contributed by atoms with van der Waals surface area (Å²) in [7, 11) is 1.20. The summed E-state index contributed by atoms with van der Waals surface area (Å²) in [6.45, 7) is 0. The minimum Gasteiger partial charge on any atom is -0.480 e. The first-order valence-corrected chi connectivity index (χ1v) is 7.77. The fraction of sp³-hybridized carbons (Fsp3) is 0.167. The number of ether oxygens (including phenoxy) is 1. The number of aliphatic carboxylic acids is 1. The van der Waals surface area contributed by atoms with E-state index in [0.29, 0.717) is 0 Å². The molecule has 2 N–H and O–H groups in total. The van der Waals surface area contributed by atoms with Crippen LogP contribution in [0.5, 0.6) is 0 Å². The average molecular weight is 372 g/mol. The van der Waals surface area contributed by atoms with Crippen molar-refractivity contribution in [3.63, 3.8) is 0 Å². The maximum atomic E-state index is 12.4. The third kappa shape index (κ3) is 4.88. The highest BCUT2D eigenvalue weighted by Gasteiger charge is 2.25. The molecule has 0 fully saturated rings. The lowest BCUT2D eigenvalue weighted by atomic mass is 10.0. The molecule has 1 amide bonds. The first-order chi connectivity index (χ1) is 12.8. The number of methoxy groups -OCH3 is 1. The van der Waals surface area contributed by atoms with Crippen molar-refractivity contribution >= 4 is 23.5 Å². The van der Waals surface area contributed by atoms with E-state index in [-0.39, 0.29) is 28.8 Å². The first-order valence-electron chi connectivity index (χ1n) is 7.77. The van der Waals surface area contributed by atoms with Gasteiger partial charge in [0.15, 0.2) is 0 Å². The van der Waals surface area contributed by atoms with E-state index >= 15 is 0 Å². The van der Waals surface area contributed by atoms with E-state index < -0.39 is 28.8 Å². The molecule has 2 aromatic carbocycles. The average Bonchev–Trinajstić information content (AvgIpc) is 2.66. The molecule has 0 aliphatic heterocycles. The predicted molar refractivity (Wildman–Crippen MR) is 93.5 cm³/mol. The summed E-state index contributed by atoms with van der Waals surface area (Å²) in [4.78, 5) is 45.9. The van der Waals surface area contributed by atoms with Crippen LogP contribution in [-0.4, -0.2) is 41.0 Å². The smallest absolute Gasteiger partial charge is 0.337 e. The van der Waals surface area contributed by atoms with Gasteiger partial charge in [-0.3, -0.25) is 14.9 Å². The first kappa shape index (κ1) is 19.6. The number of carboxylic acid groups (broad SMARTS) is 1. The summed E-state index contributed by atoms with van der Waals surface area (Å²) in [5.41, 5.74) is 0.145. The van der Waals surface area contributed by atoms with E-state index in [0.717, 1.165) is 0 Å². The van der Waals surface area contributed by atoms with Gasteiger partial charge in [0.25, 0.3) is 11.6 Å². The number of amides is 1. The number of rotatable bonds is 7. The summed E-state index contributed by atoms with van der Waals surface area (Å²) in [5.74, 6) is -2.71. The largest absolute Gasteiger partial charge is 0.480 e. The third-order valence-corrected chi connectivity index (χ3v) is 3.76. The lowest BCUT2D eigenvalue weighted by Crippen LogP contribution is -2.42.